The second-order valence-corrected chi connectivity index (χ2v) is 5.89. The molecule has 20 heavy (non-hydrogen) atoms. The number of aromatic nitrogens is 2. The monoisotopic (exact) mass is 331 g/mol. The Morgan fingerprint density at radius 1 is 1.25 bits per heavy atom. The minimum atomic E-state index is -0.235. The van der Waals surface area contributed by atoms with Gasteiger partial charge in [-0.15, -0.1) is 5.10 Å². The molecule has 1 aromatic carbocycles. The summed E-state index contributed by atoms with van der Waals surface area (Å²) in [5, 5.41) is 10.9. The number of rotatable bonds is 3. The summed E-state index contributed by atoms with van der Waals surface area (Å²) < 4.78 is 1.02. The van der Waals surface area contributed by atoms with Crippen LogP contribution in [0.1, 0.15) is 40.5 Å². The predicted molar refractivity (Wildman–Crippen MR) is 80.8 cm³/mol. The Kier molecular flexibility index (Phi) is 3.53. The number of carbonyl (C=O) groups is 1. The van der Waals surface area contributed by atoms with Gasteiger partial charge in [-0.25, -0.2) is 0 Å². The van der Waals surface area contributed by atoms with Crippen LogP contribution in [0.5, 0.6) is 0 Å². The maximum Gasteiger partial charge on any atom is 0.276 e. The third-order valence-corrected chi connectivity index (χ3v) is 4.22. The zero-order valence-corrected chi connectivity index (χ0v) is 12.6. The Balaban J connectivity index is 1.73. The number of nitrogens with one attached hydrogen (secondary N) is 1. The maximum atomic E-state index is 12.1. The molecular formula is C15H14BrN3O. The van der Waals surface area contributed by atoms with Crippen molar-refractivity contribution < 1.29 is 4.79 Å². The lowest BCUT2D eigenvalue weighted by molar-refractivity contribution is 0.102. The van der Waals surface area contributed by atoms with Crippen LogP contribution in [0, 0.1) is 6.92 Å². The van der Waals surface area contributed by atoms with Crippen LogP contribution in [0.4, 0.5) is 5.69 Å². The van der Waals surface area contributed by atoms with Crippen molar-refractivity contribution in [3.8, 4) is 0 Å². The minimum Gasteiger partial charge on any atom is -0.321 e. The van der Waals surface area contributed by atoms with Crippen LogP contribution < -0.4 is 5.32 Å². The van der Waals surface area contributed by atoms with Gasteiger partial charge >= 0.3 is 0 Å². The molecule has 1 N–H and O–H groups in total. The van der Waals surface area contributed by atoms with Gasteiger partial charge in [-0.1, -0.05) is 15.9 Å². The number of benzene rings is 1. The van der Waals surface area contributed by atoms with Gasteiger partial charge in [0.15, 0.2) is 5.69 Å². The molecule has 5 heteroatoms. The minimum absolute atomic E-state index is 0.235. The van der Waals surface area contributed by atoms with Gasteiger partial charge in [-0.2, -0.15) is 5.10 Å². The molecule has 0 aliphatic heterocycles. The highest BCUT2D eigenvalue weighted by Gasteiger charge is 2.25. The summed E-state index contributed by atoms with van der Waals surface area (Å²) in [5.41, 5.74) is 3.15. The van der Waals surface area contributed by atoms with E-state index in [4.69, 9.17) is 0 Å². The molecule has 0 radical (unpaired) electrons. The van der Waals surface area contributed by atoms with E-state index >= 15 is 0 Å². The molecule has 1 aromatic heterocycles. The average Bonchev–Trinajstić information content (AvgIpc) is 3.28. The SMILES string of the molecule is Cc1cc(NC(=O)c2ccc(C3CC3)nn2)ccc1Br. The molecule has 1 amide bonds. The number of carbonyl (C=O) groups excluding carboxylic acids is 1. The van der Waals surface area contributed by atoms with E-state index in [0.717, 1.165) is 21.4 Å². The summed E-state index contributed by atoms with van der Waals surface area (Å²) in [5.74, 6) is 0.315. The lowest BCUT2D eigenvalue weighted by Crippen LogP contribution is -2.14. The second-order valence-electron chi connectivity index (χ2n) is 5.04. The normalized spacial score (nSPS) is 14.1. The first-order chi connectivity index (χ1) is 9.63. The highest BCUT2D eigenvalue weighted by molar-refractivity contribution is 9.10. The molecule has 4 nitrogen and oxygen atoms in total. The number of halogens is 1. The number of anilines is 1. The lowest BCUT2D eigenvalue weighted by Gasteiger charge is -2.06. The van der Waals surface area contributed by atoms with Gasteiger partial charge in [0.05, 0.1) is 5.69 Å². The molecule has 0 saturated heterocycles. The maximum absolute atomic E-state index is 12.1. The fourth-order valence-corrected chi connectivity index (χ4v) is 2.22. The van der Waals surface area contributed by atoms with Gasteiger partial charge in [-0.05, 0) is 55.7 Å². The van der Waals surface area contributed by atoms with E-state index in [2.05, 4.69) is 31.4 Å². The van der Waals surface area contributed by atoms with Crippen molar-refractivity contribution in [1.29, 1.82) is 0 Å². The zero-order chi connectivity index (χ0) is 14.1. The Bertz CT molecular complexity index is 651. The third kappa shape index (κ3) is 2.88. The molecule has 0 bridgehead atoms. The summed E-state index contributed by atoms with van der Waals surface area (Å²) in [6, 6.07) is 9.30. The molecule has 0 atom stereocenters. The standard InChI is InChI=1S/C15H14BrN3O/c1-9-8-11(4-5-12(9)16)17-15(20)14-7-6-13(18-19-14)10-2-3-10/h4-8,10H,2-3H2,1H3,(H,17,20). The summed E-state index contributed by atoms with van der Waals surface area (Å²) in [6.07, 6.45) is 2.36. The molecule has 0 unspecified atom stereocenters. The van der Waals surface area contributed by atoms with E-state index in [9.17, 15) is 4.79 Å². The smallest absolute Gasteiger partial charge is 0.276 e. The Hall–Kier alpha value is -1.75. The number of nitrogens with zero attached hydrogens (tertiary/aromatic N) is 2. The van der Waals surface area contributed by atoms with Gasteiger partial charge in [0.1, 0.15) is 0 Å². The fraction of sp³-hybridized carbons (Fsp3) is 0.267. The number of aryl methyl sites for hydroxylation is 1. The Labute approximate surface area is 125 Å². The number of hydrogen-bond donors (Lipinski definition) is 1. The fourth-order valence-electron chi connectivity index (χ4n) is 1.98. The van der Waals surface area contributed by atoms with Gasteiger partial charge in [0.2, 0.25) is 0 Å². The third-order valence-electron chi connectivity index (χ3n) is 3.33. The summed E-state index contributed by atoms with van der Waals surface area (Å²) >= 11 is 3.43. The highest BCUT2D eigenvalue weighted by Crippen LogP contribution is 2.38. The van der Waals surface area contributed by atoms with Crippen LogP contribution in [0.3, 0.4) is 0 Å². The van der Waals surface area contributed by atoms with Crippen molar-refractivity contribution in [1.82, 2.24) is 10.2 Å². The van der Waals surface area contributed by atoms with Crippen LogP contribution in [0.15, 0.2) is 34.8 Å². The van der Waals surface area contributed by atoms with Crippen molar-refractivity contribution in [2.45, 2.75) is 25.7 Å². The van der Waals surface area contributed by atoms with E-state index in [1.807, 2.05) is 31.2 Å². The van der Waals surface area contributed by atoms with E-state index in [1.165, 1.54) is 12.8 Å². The Morgan fingerprint density at radius 2 is 2.05 bits per heavy atom. The van der Waals surface area contributed by atoms with Gasteiger partial charge in [0.25, 0.3) is 5.91 Å². The van der Waals surface area contributed by atoms with Crippen molar-refractivity contribution >= 4 is 27.5 Å². The predicted octanol–water partition coefficient (Wildman–Crippen LogP) is 3.68. The summed E-state index contributed by atoms with van der Waals surface area (Å²) in [6.45, 7) is 1.98. The molecule has 1 saturated carbocycles. The molecule has 1 heterocycles. The molecule has 1 aliphatic rings. The van der Waals surface area contributed by atoms with E-state index in [-0.39, 0.29) is 5.91 Å². The highest BCUT2D eigenvalue weighted by atomic mass is 79.9. The van der Waals surface area contributed by atoms with Crippen LogP contribution in [-0.2, 0) is 0 Å². The van der Waals surface area contributed by atoms with Crippen molar-refractivity contribution in [3.05, 3.63) is 51.8 Å². The van der Waals surface area contributed by atoms with Gasteiger partial charge in [0, 0.05) is 16.1 Å². The summed E-state index contributed by atoms with van der Waals surface area (Å²) in [4.78, 5) is 12.1. The second kappa shape index (κ2) is 5.32. The van der Waals surface area contributed by atoms with Crippen LogP contribution in [-0.4, -0.2) is 16.1 Å². The van der Waals surface area contributed by atoms with Crippen molar-refractivity contribution in [3.63, 3.8) is 0 Å². The number of amides is 1. The largest absolute Gasteiger partial charge is 0.321 e. The van der Waals surface area contributed by atoms with Crippen LogP contribution in [0.25, 0.3) is 0 Å². The van der Waals surface area contributed by atoms with Gasteiger partial charge in [-0.3, -0.25) is 4.79 Å². The quantitative estimate of drug-likeness (QED) is 0.933. The van der Waals surface area contributed by atoms with Crippen molar-refractivity contribution in [2.75, 3.05) is 5.32 Å². The molecule has 1 fully saturated rings. The van der Waals surface area contributed by atoms with E-state index in [0.29, 0.717) is 11.6 Å². The molecule has 3 rings (SSSR count). The first kappa shape index (κ1) is 13.2. The van der Waals surface area contributed by atoms with Crippen LogP contribution in [0.2, 0.25) is 0 Å². The lowest BCUT2D eigenvalue weighted by atomic mass is 10.2. The topological polar surface area (TPSA) is 54.9 Å². The first-order valence-electron chi connectivity index (χ1n) is 6.54. The molecular weight excluding hydrogens is 318 g/mol. The van der Waals surface area contributed by atoms with Crippen LogP contribution >= 0.6 is 15.9 Å². The zero-order valence-electron chi connectivity index (χ0n) is 11.1. The van der Waals surface area contributed by atoms with E-state index in [1.54, 1.807) is 6.07 Å². The molecule has 102 valence electrons. The average molecular weight is 332 g/mol. The molecule has 2 aromatic rings. The van der Waals surface area contributed by atoms with Gasteiger partial charge < -0.3 is 5.32 Å². The number of hydrogen-bond acceptors (Lipinski definition) is 3. The Morgan fingerprint density at radius 3 is 2.65 bits per heavy atom. The summed E-state index contributed by atoms with van der Waals surface area (Å²) in [7, 11) is 0. The molecule has 1 aliphatic carbocycles. The molecule has 0 spiro atoms. The van der Waals surface area contributed by atoms with Crippen molar-refractivity contribution in [2.24, 2.45) is 0 Å². The van der Waals surface area contributed by atoms with E-state index < -0.39 is 0 Å². The first-order valence-corrected chi connectivity index (χ1v) is 7.34.